The molecule has 6 rings (SSSR count). The van der Waals surface area contributed by atoms with Gasteiger partial charge in [-0.3, -0.25) is 4.79 Å². The SMILES string of the molecule is O=C(c1ccc(F)cc1)C1CCN(CC2CC3c4cc(F)ccc4Cc4ccccc4C3O2)CC1. The first-order chi connectivity index (χ1) is 17.0. The number of hydrogen-bond acceptors (Lipinski definition) is 3. The van der Waals surface area contributed by atoms with Gasteiger partial charge in [0.25, 0.3) is 0 Å². The molecule has 2 aliphatic heterocycles. The number of nitrogens with zero attached hydrogens (tertiary/aromatic N) is 1. The van der Waals surface area contributed by atoms with Gasteiger partial charge < -0.3 is 9.64 Å². The van der Waals surface area contributed by atoms with Gasteiger partial charge in [-0.25, -0.2) is 8.78 Å². The molecule has 35 heavy (non-hydrogen) atoms. The third-order valence-electron chi connectivity index (χ3n) is 8.02. The summed E-state index contributed by atoms with van der Waals surface area (Å²) in [6.07, 6.45) is 3.28. The molecule has 3 unspecified atom stereocenters. The Labute approximate surface area is 204 Å². The van der Waals surface area contributed by atoms with E-state index >= 15 is 0 Å². The van der Waals surface area contributed by atoms with Crippen LogP contribution in [0.15, 0.2) is 66.7 Å². The number of Topliss-reactive ketones (excluding diaryl/α,β-unsaturated/α-hetero) is 1. The van der Waals surface area contributed by atoms with Crippen LogP contribution in [-0.2, 0) is 11.2 Å². The van der Waals surface area contributed by atoms with Gasteiger partial charge in [-0.1, -0.05) is 30.3 Å². The molecule has 0 spiro atoms. The summed E-state index contributed by atoms with van der Waals surface area (Å²) in [5.74, 6) is -0.276. The predicted molar refractivity (Wildman–Crippen MR) is 131 cm³/mol. The molecule has 2 saturated heterocycles. The maximum atomic E-state index is 14.2. The summed E-state index contributed by atoms with van der Waals surface area (Å²) >= 11 is 0. The van der Waals surface area contributed by atoms with E-state index in [9.17, 15) is 13.6 Å². The third-order valence-corrected chi connectivity index (χ3v) is 8.02. The zero-order chi connectivity index (χ0) is 23.9. The second-order valence-electron chi connectivity index (χ2n) is 10.2. The summed E-state index contributed by atoms with van der Waals surface area (Å²) < 4.78 is 34.1. The van der Waals surface area contributed by atoms with Crippen LogP contribution >= 0.6 is 0 Å². The van der Waals surface area contributed by atoms with Crippen molar-refractivity contribution in [3.63, 3.8) is 0 Å². The summed E-state index contributed by atoms with van der Waals surface area (Å²) in [5.41, 5.74) is 5.34. The Bertz CT molecular complexity index is 1230. The Balaban J connectivity index is 1.14. The van der Waals surface area contributed by atoms with Gasteiger partial charge in [-0.15, -0.1) is 0 Å². The van der Waals surface area contributed by atoms with Gasteiger partial charge in [0.1, 0.15) is 11.6 Å². The molecule has 3 aromatic carbocycles. The quantitative estimate of drug-likeness (QED) is 0.430. The fourth-order valence-corrected chi connectivity index (χ4v) is 6.23. The smallest absolute Gasteiger partial charge is 0.166 e. The van der Waals surface area contributed by atoms with Crippen LogP contribution in [0, 0.1) is 17.6 Å². The van der Waals surface area contributed by atoms with Gasteiger partial charge in [0.15, 0.2) is 5.78 Å². The van der Waals surface area contributed by atoms with Crippen molar-refractivity contribution < 1.29 is 18.3 Å². The van der Waals surface area contributed by atoms with Crippen LogP contribution < -0.4 is 0 Å². The number of likely N-dealkylation sites (tertiary alicyclic amines) is 1. The lowest BCUT2D eigenvalue weighted by atomic mass is 9.86. The zero-order valence-electron chi connectivity index (χ0n) is 19.6. The van der Waals surface area contributed by atoms with Crippen molar-refractivity contribution in [3.05, 3.63) is 106 Å². The lowest BCUT2D eigenvalue weighted by molar-refractivity contribution is 0.0132. The fourth-order valence-electron chi connectivity index (χ4n) is 6.23. The first-order valence-electron chi connectivity index (χ1n) is 12.6. The molecule has 0 N–H and O–H groups in total. The number of ether oxygens (including phenoxy) is 1. The van der Waals surface area contributed by atoms with E-state index < -0.39 is 0 Å². The Morgan fingerprint density at radius 3 is 2.40 bits per heavy atom. The fraction of sp³-hybridized carbons (Fsp3) is 0.367. The Kier molecular flexibility index (Phi) is 5.99. The van der Waals surface area contributed by atoms with Gasteiger partial charge in [-0.05, 0) is 97.4 Å². The minimum absolute atomic E-state index is 0.0194. The van der Waals surface area contributed by atoms with Crippen LogP contribution in [0.1, 0.15) is 63.9 Å². The lowest BCUT2D eigenvalue weighted by Crippen LogP contribution is -2.40. The van der Waals surface area contributed by atoms with E-state index in [1.807, 2.05) is 6.07 Å². The standard InChI is InChI=1S/C30H29F2NO2/c31-23-8-5-19(6-9-23)29(34)20-11-13-33(14-12-20)18-25-17-28-27-16-24(32)10-7-22(27)15-21-3-1-2-4-26(21)30(28)35-25/h1-10,16,20,25,28,30H,11-15,17-18H2. The molecule has 0 aromatic heterocycles. The van der Waals surface area contributed by atoms with Crippen LogP contribution in [0.4, 0.5) is 8.78 Å². The van der Waals surface area contributed by atoms with Crippen molar-refractivity contribution in [1.82, 2.24) is 4.90 Å². The summed E-state index contributed by atoms with van der Waals surface area (Å²) in [6.45, 7) is 2.50. The van der Waals surface area contributed by atoms with Gasteiger partial charge >= 0.3 is 0 Å². The normalized spacial score (nSPS) is 24.3. The molecule has 3 aliphatic rings. The first kappa shape index (κ1) is 22.6. The highest BCUT2D eigenvalue weighted by atomic mass is 19.1. The van der Waals surface area contributed by atoms with Crippen LogP contribution in [0.3, 0.4) is 0 Å². The topological polar surface area (TPSA) is 29.5 Å². The summed E-state index contributed by atoms with van der Waals surface area (Å²) in [4.78, 5) is 15.2. The Hall–Kier alpha value is -2.89. The van der Waals surface area contributed by atoms with Gasteiger partial charge in [0.05, 0.1) is 12.2 Å². The predicted octanol–water partition coefficient (Wildman–Crippen LogP) is 6.08. The van der Waals surface area contributed by atoms with Crippen molar-refractivity contribution in [2.75, 3.05) is 19.6 Å². The molecule has 2 heterocycles. The van der Waals surface area contributed by atoms with E-state index in [4.69, 9.17) is 4.74 Å². The summed E-state index contributed by atoms with van der Waals surface area (Å²) in [5, 5.41) is 0. The molecule has 0 amide bonds. The highest BCUT2D eigenvalue weighted by molar-refractivity contribution is 5.97. The second kappa shape index (κ2) is 9.29. The Morgan fingerprint density at radius 1 is 0.886 bits per heavy atom. The largest absolute Gasteiger partial charge is 0.368 e. The number of ketones is 1. The van der Waals surface area contributed by atoms with E-state index in [-0.39, 0.29) is 41.5 Å². The van der Waals surface area contributed by atoms with Crippen LogP contribution in [-0.4, -0.2) is 36.4 Å². The molecular weight excluding hydrogens is 444 g/mol. The zero-order valence-corrected chi connectivity index (χ0v) is 19.6. The average Bonchev–Trinajstić information content (AvgIpc) is 3.24. The molecule has 3 aromatic rings. The maximum Gasteiger partial charge on any atom is 0.166 e. The molecule has 1 aliphatic carbocycles. The van der Waals surface area contributed by atoms with Gasteiger partial charge in [0.2, 0.25) is 0 Å². The number of halogens is 2. The van der Waals surface area contributed by atoms with Crippen molar-refractivity contribution in [1.29, 1.82) is 0 Å². The van der Waals surface area contributed by atoms with Gasteiger partial charge in [-0.2, -0.15) is 0 Å². The van der Waals surface area contributed by atoms with Crippen molar-refractivity contribution in [3.8, 4) is 0 Å². The monoisotopic (exact) mass is 473 g/mol. The maximum absolute atomic E-state index is 14.2. The summed E-state index contributed by atoms with van der Waals surface area (Å²) in [7, 11) is 0. The minimum Gasteiger partial charge on any atom is -0.368 e. The molecule has 180 valence electrons. The Morgan fingerprint density at radius 2 is 1.60 bits per heavy atom. The highest BCUT2D eigenvalue weighted by Gasteiger charge is 2.41. The van der Waals surface area contributed by atoms with Crippen molar-refractivity contribution >= 4 is 5.78 Å². The third kappa shape index (κ3) is 4.43. The van der Waals surface area contributed by atoms with E-state index in [0.717, 1.165) is 50.9 Å². The molecule has 0 saturated carbocycles. The highest BCUT2D eigenvalue weighted by Crippen LogP contribution is 2.49. The molecule has 2 fully saturated rings. The van der Waals surface area contributed by atoms with E-state index in [1.165, 1.54) is 28.8 Å². The van der Waals surface area contributed by atoms with Gasteiger partial charge in [0, 0.05) is 23.9 Å². The van der Waals surface area contributed by atoms with Crippen LogP contribution in [0.2, 0.25) is 0 Å². The molecular formula is C30H29F2NO2. The van der Waals surface area contributed by atoms with Crippen LogP contribution in [0.5, 0.6) is 0 Å². The van der Waals surface area contributed by atoms with E-state index in [2.05, 4.69) is 29.2 Å². The van der Waals surface area contributed by atoms with E-state index in [0.29, 0.717) is 5.56 Å². The molecule has 3 nitrogen and oxygen atoms in total. The molecule has 5 heteroatoms. The average molecular weight is 474 g/mol. The number of rotatable bonds is 4. The first-order valence-corrected chi connectivity index (χ1v) is 12.6. The molecule has 3 atom stereocenters. The number of piperidine rings is 1. The van der Waals surface area contributed by atoms with E-state index in [1.54, 1.807) is 24.3 Å². The molecule has 0 radical (unpaired) electrons. The lowest BCUT2D eigenvalue weighted by Gasteiger charge is -2.33. The number of benzene rings is 3. The second-order valence-corrected chi connectivity index (χ2v) is 10.2. The van der Waals surface area contributed by atoms with Crippen molar-refractivity contribution in [2.24, 2.45) is 5.92 Å². The summed E-state index contributed by atoms with van der Waals surface area (Å²) in [6, 6.07) is 19.5. The molecule has 0 bridgehead atoms. The number of hydrogen-bond donors (Lipinski definition) is 0. The number of carbonyl (C=O) groups excluding carboxylic acids is 1. The van der Waals surface area contributed by atoms with Crippen molar-refractivity contribution in [2.45, 2.75) is 43.8 Å². The number of carbonyl (C=O) groups is 1. The van der Waals surface area contributed by atoms with Crippen LogP contribution in [0.25, 0.3) is 0 Å². The number of fused-ring (bicyclic) bond motifs is 5. The minimum atomic E-state index is -0.322.